The van der Waals surface area contributed by atoms with Crippen molar-refractivity contribution in [3.63, 3.8) is 0 Å². The number of hydrogen-bond acceptors (Lipinski definition) is 5. The van der Waals surface area contributed by atoms with Crippen molar-refractivity contribution < 1.29 is 4.79 Å². The largest absolute Gasteiger partial charge is 0.397 e. The van der Waals surface area contributed by atoms with Gasteiger partial charge < -0.3 is 15.5 Å². The standard InChI is InChI=1S/C12H18N4OS/c1-18-9-12(17)16-6-4-15(5-7-16)11-3-2-10(13)8-14-11/h2-3,8H,4-7,9,13H2,1H3. The van der Waals surface area contributed by atoms with Gasteiger partial charge in [0, 0.05) is 26.2 Å². The summed E-state index contributed by atoms with van der Waals surface area (Å²) in [6.45, 7) is 3.20. The predicted molar refractivity (Wildman–Crippen MR) is 75.8 cm³/mol. The van der Waals surface area contributed by atoms with Crippen LogP contribution in [0.5, 0.6) is 0 Å². The SMILES string of the molecule is CSCC(=O)N1CCN(c2ccc(N)cn2)CC1. The summed E-state index contributed by atoms with van der Waals surface area (Å²) in [5.74, 6) is 1.73. The van der Waals surface area contributed by atoms with Gasteiger partial charge in [0.1, 0.15) is 5.82 Å². The van der Waals surface area contributed by atoms with Gasteiger partial charge in [-0.3, -0.25) is 4.79 Å². The summed E-state index contributed by atoms with van der Waals surface area (Å²) in [7, 11) is 0. The monoisotopic (exact) mass is 266 g/mol. The maximum atomic E-state index is 11.7. The van der Waals surface area contributed by atoms with Gasteiger partial charge in [0.15, 0.2) is 0 Å². The number of nitrogens with zero attached hydrogens (tertiary/aromatic N) is 3. The maximum Gasteiger partial charge on any atom is 0.232 e. The van der Waals surface area contributed by atoms with Crippen molar-refractivity contribution in [2.45, 2.75) is 0 Å². The number of carbonyl (C=O) groups excluding carboxylic acids is 1. The number of piperazine rings is 1. The Labute approximate surface area is 111 Å². The van der Waals surface area contributed by atoms with Crippen LogP contribution in [-0.2, 0) is 4.79 Å². The Morgan fingerprint density at radius 3 is 2.67 bits per heavy atom. The Balaban J connectivity index is 1.90. The van der Waals surface area contributed by atoms with Crippen LogP contribution in [0.4, 0.5) is 11.5 Å². The Hall–Kier alpha value is -1.43. The second kappa shape index (κ2) is 5.95. The van der Waals surface area contributed by atoms with Crippen molar-refractivity contribution in [1.29, 1.82) is 0 Å². The highest BCUT2D eigenvalue weighted by molar-refractivity contribution is 7.99. The fourth-order valence-corrected chi connectivity index (χ4v) is 2.41. The average molecular weight is 266 g/mol. The molecule has 5 nitrogen and oxygen atoms in total. The van der Waals surface area contributed by atoms with Crippen LogP contribution in [0.2, 0.25) is 0 Å². The minimum atomic E-state index is 0.229. The molecule has 2 rings (SSSR count). The lowest BCUT2D eigenvalue weighted by atomic mass is 10.3. The zero-order valence-electron chi connectivity index (χ0n) is 10.5. The van der Waals surface area contributed by atoms with E-state index < -0.39 is 0 Å². The lowest BCUT2D eigenvalue weighted by Gasteiger charge is -2.35. The van der Waals surface area contributed by atoms with Crippen molar-refractivity contribution in [2.24, 2.45) is 0 Å². The minimum Gasteiger partial charge on any atom is -0.397 e. The number of hydrogen-bond donors (Lipinski definition) is 1. The number of anilines is 2. The summed E-state index contributed by atoms with van der Waals surface area (Å²) >= 11 is 1.57. The molecule has 2 N–H and O–H groups in total. The van der Waals surface area contributed by atoms with Crippen LogP contribution in [0.3, 0.4) is 0 Å². The number of nitrogens with two attached hydrogens (primary N) is 1. The Kier molecular flexibility index (Phi) is 4.30. The van der Waals surface area contributed by atoms with E-state index in [-0.39, 0.29) is 5.91 Å². The van der Waals surface area contributed by atoms with Gasteiger partial charge in [-0.15, -0.1) is 0 Å². The van der Waals surface area contributed by atoms with Gasteiger partial charge in [0.25, 0.3) is 0 Å². The van der Waals surface area contributed by atoms with Gasteiger partial charge in [-0.05, 0) is 18.4 Å². The normalized spacial score (nSPS) is 15.8. The minimum absolute atomic E-state index is 0.229. The number of thioether (sulfide) groups is 1. The molecule has 0 aliphatic carbocycles. The third-order valence-electron chi connectivity index (χ3n) is 2.99. The van der Waals surface area contributed by atoms with E-state index in [1.54, 1.807) is 18.0 Å². The van der Waals surface area contributed by atoms with E-state index in [2.05, 4.69) is 9.88 Å². The summed E-state index contributed by atoms with van der Waals surface area (Å²) in [4.78, 5) is 20.1. The highest BCUT2D eigenvalue weighted by Crippen LogP contribution is 2.15. The van der Waals surface area contributed by atoms with E-state index >= 15 is 0 Å². The first kappa shape index (κ1) is 13.0. The van der Waals surface area contributed by atoms with E-state index in [1.807, 2.05) is 23.3 Å². The molecule has 1 amide bonds. The van der Waals surface area contributed by atoms with Crippen LogP contribution in [0, 0.1) is 0 Å². The first-order valence-electron chi connectivity index (χ1n) is 5.94. The van der Waals surface area contributed by atoms with Crippen LogP contribution in [0.25, 0.3) is 0 Å². The molecule has 0 bridgehead atoms. The van der Waals surface area contributed by atoms with E-state index in [0.717, 1.165) is 32.0 Å². The molecule has 0 atom stereocenters. The zero-order chi connectivity index (χ0) is 13.0. The predicted octanol–water partition coefficient (Wildman–Crippen LogP) is 0.675. The molecular weight excluding hydrogens is 248 g/mol. The van der Waals surface area contributed by atoms with Gasteiger partial charge >= 0.3 is 0 Å². The molecule has 0 radical (unpaired) electrons. The molecule has 1 saturated heterocycles. The molecule has 0 unspecified atom stereocenters. The fraction of sp³-hybridized carbons (Fsp3) is 0.500. The van der Waals surface area contributed by atoms with Crippen molar-refractivity contribution in [3.8, 4) is 0 Å². The second-order valence-corrected chi connectivity index (χ2v) is 5.12. The van der Waals surface area contributed by atoms with Gasteiger partial charge in [-0.1, -0.05) is 0 Å². The Morgan fingerprint density at radius 2 is 2.11 bits per heavy atom. The molecule has 0 saturated carbocycles. The smallest absolute Gasteiger partial charge is 0.232 e. The Bertz CT molecular complexity index is 401. The van der Waals surface area contributed by atoms with Crippen LogP contribution >= 0.6 is 11.8 Å². The molecule has 6 heteroatoms. The highest BCUT2D eigenvalue weighted by Gasteiger charge is 2.21. The second-order valence-electron chi connectivity index (χ2n) is 4.25. The molecular formula is C12H18N4OS. The van der Waals surface area contributed by atoms with Crippen LogP contribution < -0.4 is 10.6 Å². The maximum absolute atomic E-state index is 11.7. The molecule has 1 fully saturated rings. The molecule has 18 heavy (non-hydrogen) atoms. The quantitative estimate of drug-likeness (QED) is 0.871. The highest BCUT2D eigenvalue weighted by atomic mass is 32.2. The first-order valence-corrected chi connectivity index (χ1v) is 7.33. The number of carbonyl (C=O) groups is 1. The number of nitrogen functional groups attached to an aromatic ring is 1. The van der Waals surface area contributed by atoms with E-state index in [0.29, 0.717) is 11.4 Å². The fourth-order valence-electron chi connectivity index (χ4n) is 1.98. The van der Waals surface area contributed by atoms with Crippen LogP contribution in [0.15, 0.2) is 18.3 Å². The lowest BCUT2D eigenvalue weighted by molar-refractivity contribution is -0.128. The van der Waals surface area contributed by atoms with E-state index in [9.17, 15) is 4.79 Å². The summed E-state index contributed by atoms with van der Waals surface area (Å²) in [5.41, 5.74) is 6.29. The molecule has 1 aromatic rings. The molecule has 98 valence electrons. The number of rotatable bonds is 3. The van der Waals surface area contributed by atoms with Gasteiger partial charge in [0.05, 0.1) is 17.6 Å². The van der Waals surface area contributed by atoms with Crippen LogP contribution in [-0.4, -0.2) is 54.0 Å². The van der Waals surface area contributed by atoms with Gasteiger partial charge in [-0.25, -0.2) is 4.98 Å². The first-order chi connectivity index (χ1) is 8.70. The van der Waals surface area contributed by atoms with Gasteiger partial charge in [-0.2, -0.15) is 11.8 Å². The number of amides is 1. The molecule has 1 aliphatic heterocycles. The zero-order valence-corrected chi connectivity index (χ0v) is 11.3. The Morgan fingerprint density at radius 1 is 1.39 bits per heavy atom. The van der Waals surface area contributed by atoms with Crippen molar-refractivity contribution in [2.75, 3.05) is 48.8 Å². The molecule has 1 aliphatic rings. The average Bonchev–Trinajstić information content (AvgIpc) is 2.40. The van der Waals surface area contributed by atoms with Crippen molar-refractivity contribution >= 4 is 29.2 Å². The summed E-state index contributed by atoms with van der Waals surface area (Å²) in [6.07, 6.45) is 3.62. The van der Waals surface area contributed by atoms with E-state index in [4.69, 9.17) is 5.73 Å². The van der Waals surface area contributed by atoms with Crippen LogP contribution in [0.1, 0.15) is 0 Å². The summed E-state index contributed by atoms with van der Waals surface area (Å²) < 4.78 is 0. The lowest BCUT2D eigenvalue weighted by Crippen LogP contribution is -2.49. The third-order valence-corrected chi connectivity index (χ3v) is 3.53. The molecule has 2 heterocycles. The van der Waals surface area contributed by atoms with Crippen molar-refractivity contribution in [3.05, 3.63) is 18.3 Å². The summed E-state index contributed by atoms with van der Waals surface area (Å²) in [6, 6.07) is 3.78. The van der Waals surface area contributed by atoms with Crippen molar-refractivity contribution in [1.82, 2.24) is 9.88 Å². The van der Waals surface area contributed by atoms with Gasteiger partial charge in [0.2, 0.25) is 5.91 Å². The number of aromatic nitrogens is 1. The topological polar surface area (TPSA) is 62.5 Å². The summed E-state index contributed by atoms with van der Waals surface area (Å²) in [5, 5.41) is 0. The molecule has 0 aromatic carbocycles. The molecule has 0 spiro atoms. The number of pyridine rings is 1. The third kappa shape index (κ3) is 3.07. The van der Waals surface area contributed by atoms with E-state index in [1.165, 1.54) is 0 Å². The molecule has 1 aromatic heterocycles.